The number of benzene rings is 1. The molecule has 0 saturated carbocycles. The van der Waals surface area contributed by atoms with Crippen LogP contribution in [0.5, 0.6) is 11.5 Å². The molecule has 1 amide bonds. The zero-order valence-electron chi connectivity index (χ0n) is 18.7. The van der Waals surface area contributed by atoms with Crippen LogP contribution in [0.3, 0.4) is 0 Å². The Morgan fingerprint density at radius 2 is 1.97 bits per heavy atom. The summed E-state index contributed by atoms with van der Waals surface area (Å²) in [5.41, 5.74) is 1.82. The first-order valence-corrected chi connectivity index (χ1v) is 10.2. The molecule has 1 aromatic carbocycles. The average Bonchev–Trinajstić information content (AvgIpc) is 2.75. The van der Waals surface area contributed by atoms with E-state index in [4.69, 9.17) is 19.5 Å². The van der Waals surface area contributed by atoms with Crippen LogP contribution in [0, 0.1) is 23.2 Å². The maximum Gasteiger partial charge on any atom is 0.408 e. The molecule has 6 nitrogen and oxygen atoms in total. The van der Waals surface area contributed by atoms with Gasteiger partial charge in [0.05, 0.1) is 20.3 Å². The molecular formula is C24H32N2O4. The molecule has 0 radical (unpaired) electrons. The second-order valence-electron chi connectivity index (χ2n) is 7.84. The third kappa shape index (κ3) is 4.79. The van der Waals surface area contributed by atoms with E-state index in [2.05, 4.69) is 44.3 Å². The number of alkyl carbamates (subject to hydrolysis) is 1. The van der Waals surface area contributed by atoms with Crippen LogP contribution in [0.25, 0.3) is 0 Å². The van der Waals surface area contributed by atoms with Gasteiger partial charge in [0.25, 0.3) is 0 Å². The van der Waals surface area contributed by atoms with E-state index < -0.39 is 17.6 Å². The molecule has 30 heavy (non-hydrogen) atoms. The lowest BCUT2D eigenvalue weighted by atomic mass is 9.61. The van der Waals surface area contributed by atoms with Crippen LogP contribution >= 0.6 is 0 Å². The number of nitrogens with one attached hydrogen (secondary N) is 1. The molecule has 1 N–H and O–H groups in total. The Bertz CT molecular complexity index is 853. The Kier molecular flexibility index (Phi) is 7.93. The molecule has 6 heteroatoms. The van der Waals surface area contributed by atoms with Gasteiger partial charge < -0.3 is 19.5 Å². The van der Waals surface area contributed by atoms with Crippen LogP contribution in [0.4, 0.5) is 4.79 Å². The number of nitrogens with zero attached hydrogens (tertiary/aromatic N) is 1. The second-order valence-corrected chi connectivity index (χ2v) is 7.84. The van der Waals surface area contributed by atoms with E-state index in [0.717, 1.165) is 11.1 Å². The lowest BCUT2D eigenvalue weighted by molar-refractivity contribution is 0.110. The van der Waals surface area contributed by atoms with Crippen molar-refractivity contribution in [2.75, 3.05) is 20.8 Å². The SMILES string of the molecule is CCC(C#N)NC(=O)OCC1C=CC(C)=CC1(c1ccc(OC)c(OC)c1)C(C)C. The summed E-state index contributed by atoms with van der Waals surface area (Å²) in [6, 6.07) is 7.44. The second kappa shape index (κ2) is 10.2. The lowest BCUT2D eigenvalue weighted by Gasteiger charge is -2.43. The van der Waals surface area contributed by atoms with E-state index in [0.29, 0.717) is 17.9 Å². The van der Waals surface area contributed by atoms with Gasteiger partial charge in [0.2, 0.25) is 0 Å². The minimum Gasteiger partial charge on any atom is -0.493 e. The fourth-order valence-electron chi connectivity index (χ4n) is 4.06. The molecule has 1 aliphatic rings. The Balaban J connectivity index is 2.38. The van der Waals surface area contributed by atoms with Crippen LogP contribution in [0.15, 0.2) is 42.0 Å². The summed E-state index contributed by atoms with van der Waals surface area (Å²) in [5.74, 6) is 1.47. The molecule has 2 rings (SSSR count). The van der Waals surface area contributed by atoms with Crippen LogP contribution in [0.1, 0.15) is 39.7 Å². The molecule has 0 aromatic heterocycles. The number of allylic oxidation sites excluding steroid dienone is 3. The van der Waals surface area contributed by atoms with Gasteiger partial charge in [-0.2, -0.15) is 5.26 Å². The number of carbonyl (C=O) groups is 1. The van der Waals surface area contributed by atoms with Crippen molar-refractivity contribution in [1.82, 2.24) is 5.32 Å². The molecule has 3 atom stereocenters. The van der Waals surface area contributed by atoms with Crippen molar-refractivity contribution < 1.29 is 19.0 Å². The largest absolute Gasteiger partial charge is 0.493 e. The third-order valence-electron chi connectivity index (χ3n) is 5.76. The highest BCUT2D eigenvalue weighted by Crippen LogP contribution is 2.47. The van der Waals surface area contributed by atoms with Gasteiger partial charge in [-0.15, -0.1) is 0 Å². The van der Waals surface area contributed by atoms with Gasteiger partial charge in [0.1, 0.15) is 12.6 Å². The summed E-state index contributed by atoms with van der Waals surface area (Å²) < 4.78 is 16.5. The van der Waals surface area contributed by atoms with E-state index in [1.54, 1.807) is 14.2 Å². The maximum atomic E-state index is 12.2. The molecular weight excluding hydrogens is 380 g/mol. The normalized spacial score (nSPS) is 21.4. The fourth-order valence-corrected chi connectivity index (χ4v) is 4.06. The molecule has 1 aliphatic carbocycles. The molecule has 0 heterocycles. The standard InChI is InChI=1S/C24H32N2O4/c1-7-20(14-25)26-23(27)30-15-19-9-8-17(4)13-24(19,16(2)3)18-10-11-21(28-5)22(12-18)29-6/h8-13,16,19-20H,7,15H2,1-6H3,(H,26,27). The topological polar surface area (TPSA) is 80.6 Å². The van der Waals surface area contributed by atoms with Crippen molar-refractivity contribution in [3.8, 4) is 17.6 Å². The Hall–Kier alpha value is -2.94. The molecule has 0 fully saturated rings. The predicted octanol–water partition coefficient (Wildman–Crippen LogP) is 4.76. The number of rotatable bonds is 8. The van der Waals surface area contributed by atoms with E-state index in [1.165, 1.54) is 0 Å². The zero-order valence-corrected chi connectivity index (χ0v) is 18.7. The van der Waals surface area contributed by atoms with Gasteiger partial charge >= 0.3 is 6.09 Å². The number of hydrogen-bond acceptors (Lipinski definition) is 5. The quantitative estimate of drug-likeness (QED) is 0.666. The molecule has 0 aliphatic heterocycles. The van der Waals surface area contributed by atoms with Gasteiger partial charge in [0, 0.05) is 11.3 Å². The number of amides is 1. The third-order valence-corrected chi connectivity index (χ3v) is 5.76. The highest BCUT2D eigenvalue weighted by Gasteiger charge is 2.43. The number of carbonyl (C=O) groups excluding carboxylic acids is 1. The van der Waals surface area contributed by atoms with Gasteiger partial charge in [-0.1, -0.05) is 50.6 Å². The summed E-state index contributed by atoms with van der Waals surface area (Å²) in [5, 5.41) is 11.7. The minimum atomic E-state index is -0.576. The molecule has 162 valence electrons. The number of methoxy groups -OCH3 is 2. The molecule has 0 spiro atoms. The molecule has 0 saturated heterocycles. The minimum absolute atomic E-state index is 0.0767. The summed E-state index contributed by atoms with van der Waals surface area (Å²) in [4.78, 5) is 12.2. The number of hydrogen-bond donors (Lipinski definition) is 1. The lowest BCUT2D eigenvalue weighted by Crippen LogP contribution is -2.43. The molecule has 0 bridgehead atoms. The van der Waals surface area contributed by atoms with Crippen molar-refractivity contribution in [2.45, 2.75) is 45.6 Å². The van der Waals surface area contributed by atoms with Gasteiger partial charge in [0.15, 0.2) is 11.5 Å². The predicted molar refractivity (Wildman–Crippen MR) is 117 cm³/mol. The Morgan fingerprint density at radius 3 is 2.53 bits per heavy atom. The molecule has 3 unspecified atom stereocenters. The maximum absolute atomic E-state index is 12.2. The summed E-state index contributed by atoms with van der Waals surface area (Å²) in [7, 11) is 3.24. The first-order chi connectivity index (χ1) is 14.3. The summed E-state index contributed by atoms with van der Waals surface area (Å²) in [6.07, 6.45) is 6.35. The van der Waals surface area contributed by atoms with Crippen molar-refractivity contribution in [3.05, 3.63) is 47.6 Å². The first-order valence-electron chi connectivity index (χ1n) is 10.2. The number of ether oxygens (including phenoxy) is 3. The van der Waals surface area contributed by atoms with Gasteiger partial charge in [-0.25, -0.2) is 4.79 Å². The van der Waals surface area contributed by atoms with Crippen molar-refractivity contribution in [2.24, 2.45) is 11.8 Å². The van der Waals surface area contributed by atoms with E-state index in [1.807, 2.05) is 31.2 Å². The van der Waals surface area contributed by atoms with Crippen molar-refractivity contribution in [1.29, 1.82) is 5.26 Å². The van der Waals surface area contributed by atoms with Crippen molar-refractivity contribution >= 4 is 6.09 Å². The van der Waals surface area contributed by atoms with Crippen LogP contribution in [-0.4, -0.2) is 33.0 Å². The molecule has 1 aromatic rings. The van der Waals surface area contributed by atoms with Crippen LogP contribution in [0.2, 0.25) is 0 Å². The van der Waals surface area contributed by atoms with E-state index in [9.17, 15) is 4.79 Å². The zero-order chi connectivity index (χ0) is 22.3. The van der Waals surface area contributed by atoms with Gasteiger partial charge in [-0.05, 0) is 37.0 Å². The monoisotopic (exact) mass is 412 g/mol. The van der Waals surface area contributed by atoms with Crippen molar-refractivity contribution in [3.63, 3.8) is 0 Å². The highest BCUT2D eigenvalue weighted by molar-refractivity contribution is 5.68. The van der Waals surface area contributed by atoms with E-state index >= 15 is 0 Å². The highest BCUT2D eigenvalue weighted by atomic mass is 16.5. The number of nitriles is 1. The van der Waals surface area contributed by atoms with Gasteiger partial charge in [-0.3, -0.25) is 0 Å². The van der Waals surface area contributed by atoms with Crippen LogP contribution < -0.4 is 14.8 Å². The van der Waals surface area contributed by atoms with E-state index in [-0.39, 0.29) is 18.4 Å². The fraction of sp³-hybridized carbons (Fsp3) is 0.500. The Morgan fingerprint density at radius 1 is 1.27 bits per heavy atom. The van der Waals surface area contributed by atoms with Crippen LogP contribution in [-0.2, 0) is 10.2 Å². The average molecular weight is 413 g/mol. The first kappa shape index (κ1) is 23.3. The summed E-state index contributed by atoms with van der Waals surface area (Å²) in [6.45, 7) is 8.43. The summed E-state index contributed by atoms with van der Waals surface area (Å²) >= 11 is 0. The smallest absolute Gasteiger partial charge is 0.408 e. The Labute approximate surface area is 179 Å².